The molecule has 4 rings (SSSR count). The van der Waals surface area contributed by atoms with E-state index >= 15 is 0 Å². The van der Waals surface area contributed by atoms with Crippen LogP contribution in [0.25, 0.3) is 11.1 Å². The van der Waals surface area contributed by atoms with E-state index < -0.39 is 0 Å². The number of nitrogens with one attached hydrogen (secondary N) is 1. The minimum Gasteiger partial charge on any atom is -0.359 e. The van der Waals surface area contributed by atoms with Gasteiger partial charge in [0.2, 0.25) is 5.91 Å². The van der Waals surface area contributed by atoms with Gasteiger partial charge in [-0.2, -0.15) is 0 Å². The first kappa shape index (κ1) is 21.5. The molecule has 0 atom stereocenters. The molecule has 0 spiro atoms. The monoisotopic (exact) mass is 433 g/mol. The van der Waals surface area contributed by atoms with Gasteiger partial charge in [-0.15, -0.1) is 0 Å². The van der Waals surface area contributed by atoms with Gasteiger partial charge in [0, 0.05) is 31.0 Å². The Balaban J connectivity index is 1.45. The van der Waals surface area contributed by atoms with Gasteiger partial charge in [-0.3, -0.25) is 14.7 Å². The van der Waals surface area contributed by atoms with Crippen LogP contribution in [0, 0.1) is 5.41 Å². The SMILES string of the molecule is CNC(=O)C1(Cc2ccc(-c3cccnc3)cc2)CCN(Cc2cccc(Cl)c2)CC1. The van der Waals surface area contributed by atoms with Crippen LogP contribution < -0.4 is 5.32 Å². The number of carbonyl (C=O) groups is 1. The summed E-state index contributed by atoms with van der Waals surface area (Å²) in [6, 6.07) is 20.6. The predicted molar refractivity (Wildman–Crippen MR) is 126 cm³/mol. The Hall–Kier alpha value is -2.69. The molecule has 160 valence electrons. The summed E-state index contributed by atoms with van der Waals surface area (Å²) in [5.74, 6) is 0.145. The smallest absolute Gasteiger partial charge is 0.226 e. The lowest BCUT2D eigenvalue weighted by atomic mass is 9.73. The van der Waals surface area contributed by atoms with Crippen molar-refractivity contribution in [3.63, 3.8) is 0 Å². The highest BCUT2D eigenvalue weighted by atomic mass is 35.5. The standard InChI is InChI=1S/C26H28ClN3O/c1-28-25(31)26(11-14-30(15-12-26)19-21-4-2-6-24(27)16-21)17-20-7-9-22(10-8-20)23-5-3-13-29-18-23/h2-10,13,16,18H,11-12,14-15,17,19H2,1H3,(H,28,31). The first-order chi connectivity index (χ1) is 15.1. The van der Waals surface area contributed by atoms with Crippen molar-refractivity contribution in [2.24, 2.45) is 5.41 Å². The fraction of sp³-hybridized carbons (Fsp3) is 0.308. The third-order valence-corrected chi connectivity index (χ3v) is 6.54. The summed E-state index contributed by atoms with van der Waals surface area (Å²) in [5.41, 5.74) is 4.28. The molecule has 3 aromatic rings. The summed E-state index contributed by atoms with van der Waals surface area (Å²) in [7, 11) is 1.74. The minimum atomic E-state index is -0.366. The number of aromatic nitrogens is 1. The van der Waals surface area contributed by atoms with Crippen molar-refractivity contribution >= 4 is 17.5 Å². The zero-order valence-corrected chi connectivity index (χ0v) is 18.6. The number of carbonyl (C=O) groups excluding carboxylic acids is 1. The van der Waals surface area contributed by atoms with E-state index in [1.807, 2.05) is 30.5 Å². The lowest BCUT2D eigenvalue weighted by Crippen LogP contribution is -2.49. The molecule has 1 N–H and O–H groups in total. The number of benzene rings is 2. The predicted octanol–water partition coefficient (Wildman–Crippen LogP) is 4.97. The lowest BCUT2D eigenvalue weighted by molar-refractivity contribution is -0.133. The van der Waals surface area contributed by atoms with Crippen molar-refractivity contribution in [3.8, 4) is 11.1 Å². The van der Waals surface area contributed by atoms with Crippen LogP contribution in [0.4, 0.5) is 0 Å². The summed E-state index contributed by atoms with van der Waals surface area (Å²) >= 11 is 6.13. The summed E-state index contributed by atoms with van der Waals surface area (Å²) < 4.78 is 0. The van der Waals surface area contributed by atoms with Gasteiger partial charge >= 0.3 is 0 Å². The summed E-state index contributed by atoms with van der Waals surface area (Å²) in [5, 5.41) is 3.69. The number of hydrogen-bond acceptors (Lipinski definition) is 3. The molecule has 0 unspecified atom stereocenters. The number of halogens is 1. The molecule has 1 fully saturated rings. The molecule has 0 bridgehead atoms. The van der Waals surface area contributed by atoms with Crippen molar-refractivity contribution in [2.45, 2.75) is 25.8 Å². The van der Waals surface area contributed by atoms with Crippen LogP contribution in [0.3, 0.4) is 0 Å². The topological polar surface area (TPSA) is 45.2 Å². The van der Waals surface area contributed by atoms with Crippen LogP contribution in [0.1, 0.15) is 24.0 Å². The fourth-order valence-electron chi connectivity index (χ4n) is 4.52. The van der Waals surface area contributed by atoms with E-state index in [4.69, 9.17) is 11.6 Å². The Morgan fingerprint density at radius 1 is 1.03 bits per heavy atom. The van der Waals surface area contributed by atoms with Gasteiger partial charge in [-0.25, -0.2) is 0 Å². The second kappa shape index (κ2) is 9.63. The fourth-order valence-corrected chi connectivity index (χ4v) is 4.73. The maximum absolute atomic E-state index is 12.9. The van der Waals surface area contributed by atoms with Gasteiger partial charge in [0.15, 0.2) is 0 Å². The molecule has 1 saturated heterocycles. The molecule has 5 heteroatoms. The van der Waals surface area contributed by atoms with Crippen LogP contribution >= 0.6 is 11.6 Å². The van der Waals surface area contributed by atoms with E-state index in [2.05, 4.69) is 51.6 Å². The first-order valence-electron chi connectivity index (χ1n) is 10.8. The number of amides is 1. The largest absolute Gasteiger partial charge is 0.359 e. The third-order valence-electron chi connectivity index (χ3n) is 6.31. The van der Waals surface area contributed by atoms with Crippen molar-refractivity contribution in [3.05, 3.63) is 89.2 Å². The second-order valence-electron chi connectivity index (χ2n) is 8.38. The van der Waals surface area contributed by atoms with E-state index in [0.717, 1.165) is 55.0 Å². The zero-order chi connectivity index (χ0) is 21.7. The summed E-state index contributed by atoms with van der Waals surface area (Å²) in [6.45, 7) is 2.66. The molecule has 2 aromatic carbocycles. The number of likely N-dealkylation sites (tertiary alicyclic amines) is 1. The molecule has 0 radical (unpaired) electrons. The van der Waals surface area contributed by atoms with E-state index in [-0.39, 0.29) is 11.3 Å². The molecular weight excluding hydrogens is 406 g/mol. The number of hydrogen-bond donors (Lipinski definition) is 1. The van der Waals surface area contributed by atoms with Crippen molar-refractivity contribution in [1.82, 2.24) is 15.2 Å². The molecule has 4 nitrogen and oxygen atoms in total. The van der Waals surface area contributed by atoms with Gasteiger partial charge in [-0.05, 0) is 72.8 Å². The van der Waals surface area contributed by atoms with E-state index in [1.165, 1.54) is 11.1 Å². The number of piperidine rings is 1. The zero-order valence-electron chi connectivity index (χ0n) is 17.9. The van der Waals surface area contributed by atoms with Gasteiger partial charge in [-0.1, -0.05) is 54.1 Å². The highest BCUT2D eigenvalue weighted by molar-refractivity contribution is 6.30. The quantitative estimate of drug-likeness (QED) is 0.596. The van der Waals surface area contributed by atoms with E-state index in [9.17, 15) is 4.79 Å². The van der Waals surface area contributed by atoms with Crippen molar-refractivity contribution < 1.29 is 4.79 Å². The first-order valence-corrected chi connectivity index (χ1v) is 11.1. The Labute approximate surface area is 189 Å². The van der Waals surface area contributed by atoms with Gasteiger partial charge in [0.05, 0.1) is 5.41 Å². The maximum atomic E-state index is 12.9. The van der Waals surface area contributed by atoms with Gasteiger partial charge < -0.3 is 5.32 Å². The minimum absolute atomic E-state index is 0.145. The highest BCUT2D eigenvalue weighted by Crippen LogP contribution is 2.36. The molecule has 1 aliphatic heterocycles. The Morgan fingerprint density at radius 2 is 1.81 bits per heavy atom. The van der Waals surface area contributed by atoms with Crippen LogP contribution in [-0.4, -0.2) is 35.9 Å². The van der Waals surface area contributed by atoms with Crippen LogP contribution in [0.5, 0.6) is 0 Å². The summed E-state index contributed by atoms with van der Waals surface area (Å²) in [6.07, 6.45) is 6.10. The van der Waals surface area contributed by atoms with Gasteiger partial charge in [0.1, 0.15) is 0 Å². The Kier molecular flexibility index (Phi) is 6.69. The number of nitrogens with zero attached hydrogens (tertiary/aromatic N) is 2. The molecule has 1 amide bonds. The van der Waals surface area contributed by atoms with Crippen LogP contribution in [0.2, 0.25) is 5.02 Å². The van der Waals surface area contributed by atoms with E-state index in [0.29, 0.717) is 0 Å². The number of rotatable bonds is 6. The highest BCUT2D eigenvalue weighted by Gasteiger charge is 2.40. The van der Waals surface area contributed by atoms with Crippen LogP contribution in [-0.2, 0) is 17.8 Å². The molecular formula is C26H28ClN3O. The Morgan fingerprint density at radius 3 is 2.45 bits per heavy atom. The average molecular weight is 434 g/mol. The molecule has 0 aliphatic carbocycles. The average Bonchev–Trinajstić information content (AvgIpc) is 2.81. The number of pyridine rings is 1. The summed E-state index contributed by atoms with van der Waals surface area (Å²) in [4.78, 5) is 19.6. The Bertz CT molecular complexity index is 1010. The molecule has 2 heterocycles. The molecule has 1 aromatic heterocycles. The van der Waals surface area contributed by atoms with Gasteiger partial charge in [0.25, 0.3) is 0 Å². The molecule has 1 aliphatic rings. The normalized spacial score (nSPS) is 16.1. The third kappa shape index (κ3) is 5.15. The van der Waals surface area contributed by atoms with Crippen LogP contribution in [0.15, 0.2) is 73.1 Å². The van der Waals surface area contributed by atoms with E-state index in [1.54, 1.807) is 13.2 Å². The lowest BCUT2D eigenvalue weighted by Gasteiger charge is -2.40. The molecule has 0 saturated carbocycles. The second-order valence-corrected chi connectivity index (χ2v) is 8.82. The maximum Gasteiger partial charge on any atom is 0.226 e. The van der Waals surface area contributed by atoms with Crippen molar-refractivity contribution in [1.29, 1.82) is 0 Å². The van der Waals surface area contributed by atoms with Crippen molar-refractivity contribution in [2.75, 3.05) is 20.1 Å². The molecule has 31 heavy (non-hydrogen) atoms.